The zero-order chi connectivity index (χ0) is 34.8. The third kappa shape index (κ3) is 10.3. The largest absolute Gasteiger partial charge is 0.490 e. The van der Waals surface area contributed by atoms with Crippen LogP contribution in [-0.2, 0) is 14.8 Å². The molecule has 12 heteroatoms. The van der Waals surface area contributed by atoms with Crippen molar-refractivity contribution in [3.05, 3.63) is 53.6 Å². The fourth-order valence-corrected chi connectivity index (χ4v) is 7.31. The summed E-state index contributed by atoms with van der Waals surface area (Å²) in [5, 5.41) is 13.4. The number of hydrogen-bond acceptors (Lipinski definition) is 7. The highest BCUT2D eigenvalue weighted by Crippen LogP contribution is 2.30. The van der Waals surface area contributed by atoms with Crippen LogP contribution in [0.3, 0.4) is 0 Å². The van der Waals surface area contributed by atoms with E-state index in [-0.39, 0.29) is 59.5 Å². The molecule has 1 aliphatic heterocycles. The maximum absolute atomic E-state index is 14.4. The molecule has 0 saturated heterocycles. The summed E-state index contributed by atoms with van der Waals surface area (Å²) in [5.41, 5.74) is 1.35. The van der Waals surface area contributed by atoms with Gasteiger partial charge in [0.15, 0.2) is 0 Å². The number of ether oxygens (including phenoxy) is 2. The van der Waals surface area contributed by atoms with E-state index in [1.807, 2.05) is 20.8 Å². The lowest BCUT2D eigenvalue weighted by atomic mass is 9.96. The van der Waals surface area contributed by atoms with Crippen LogP contribution in [0.1, 0.15) is 88.1 Å². The van der Waals surface area contributed by atoms with Crippen LogP contribution in [0, 0.1) is 12.8 Å². The molecule has 11 nitrogen and oxygen atoms in total. The van der Waals surface area contributed by atoms with E-state index in [1.165, 1.54) is 24.6 Å². The second-order valence-corrected chi connectivity index (χ2v) is 15.3. The lowest BCUT2D eigenvalue weighted by Gasteiger charge is -2.36. The van der Waals surface area contributed by atoms with Crippen LogP contribution in [0.5, 0.6) is 5.75 Å². The van der Waals surface area contributed by atoms with Gasteiger partial charge >= 0.3 is 6.03 Å². The fourth-order valence-electron chi connectivity index (χ4n) is 6.26. The highest BCUT2D eigenvalue weighted by atomic mass is 32.2. The quantitative estimate of drug-likeness (QED) is 0.331. The first-order chi connectivity index (χ1) is 22.9. The molecule has 3 N–H and O–H groups in total. The number of carbonyl (C=O) groups is 2. The molecule has 48 heavy (non-hydrogen) atoms. The lowest BCUT2D eigenvalue weighted by molar-refractivity contribution is -0.0123. The molecule has 1 fully saturated rings. The Kier molecular flexibility index (Phi) is 13.5. The molecule has 266 valence electrons. The minimum atomic E-state index is -3.92. The first-order valence-electron chi connectivity index (χ1n) is 17.3. The predicted molar refractivity (Wildman–Crippen MR) is 187 cm³/mol. The number of likely N-dealkylation sites (N-methyl/N-ethyl adjacent to an activating group) is 1. The third-order valence-corrected chi connectivity index (χ3v) is 10.8. The summed E-state index contributed by atoms with van der Waals surface area (Å²) in [7, 11) is -2.15. The van der Waals surface area contributed by atoms with Gasteiger partial charge in [0.1, 0.15) is 5.75 Å². The van der Waals surface area contributed by atoms with E-state index in [1.54, 1.807) is 48.0 Å². The molecule has 2 aliphatic rings. The summed E-state index contributed by atoms with van der Waals surface area (Å²) in [6.07, 6.45) is 7.21. The van der Waals surface area contributed by atoms with Crippen molar-refractivity contribution in [2.45, 2.75) is 108 Å². The second-order valence-electron chi connectivity index (χ2n) is 13.6. The molecule has 0 radical (unpaired) electrons. The molecule has 2 aromatic rings. The van der Waals surface area contributed by atoms with Crippen LogP contribution >= 0.6 is 0 Å². The van der Waals surface area contributed by atoms with E-state index < -0.39 is 22.0 Å². The van der Waals surface area contributed by atoms with Crippen molar-refractivity contribution in [3.63, 3.8) is 0 Å². The highest BCUT2D eigenvalue weighted by molar-refractivity contribution is 7.92. The molecule has 0 unspecified atom stereocenters. The molecule has 1 saturated carbocycles. The minimum absolute atomic E-state index is 0.108. The topological polar surface area (TPSA) is 138 Å². The Morgan fingerprint density at radius 2 is 1.73 bits per heavy atom. The van der Waals surface area contributed by atoms with Crippen molar-refractivity contribution in [1.82, 2.24) is 15.1 Å². The number of carbonyl (C=O) groups excluding carboxylic acids is 2. The summed E-state index contributed by atoms with van der Waals surface area (Å²) < 4.78 is 41.7. The number of fused-ring (bicyclic) bond motifs is 1. The third-order valence-electron chi connectivity index (χ3n) is 9.37. The Morgan fingerprint density at radius 1 is 1.04 bits per heavy atom. The zero-order valence-electron chi connectivity index (χ0n) is 29.1. The lowest BCUT2D eigenvalue weighted by Crippen LogP contribution is -2.50. The summed E-state index contributed by atoms with van der Waals surface area (Å²) in [6.45, 7) is 8.37. The first-order valence-corrected chi connectivity index (χ1v) is 18.8. The van der Waals surface area contributed by atoms with Gasteiger partial charge in [0, 0.05) is 44.4 Å². The molecule has 2 aromatic carbocycles. The van der Waals surface area contributed by atoms with Crippen LogP contribution < -0.4 is 14.8 Å². The summed E-state index contributed by atoms with van der Waals surface area (Å²) in [5.74, 6) is -0.263. The van der Waals surface area contributed by atoms with E-state index >= 15 is 0 Å². The summed E-state index contributed by atoms with van der Waals surface area (Å²) >= 11 is 0. The number of hydrogen-bond donors (Lipinski definition) is 3. The number of aryl methyl sites for hydroxylation is 1. The van der Waals surface area contributed by atoms with Crippen molar-refractivity contribution in [1.29, 1.82) is 0 Å². The van der Waals surface area contributed by atoms with Crippen LogP contribution in [-0.4, -0.2) is 92.9 Å². The van der Waals surface area contributed by atoms with Gasteiger partial charge in [0.05, 0.1) is 35.3 Å². The zero-order valence-corrected chi connectivity index (χ0v) is 29.9. The molecule has 4 atom stereocenters. The van der Waals surface area contributed by atoms with Crippen molar-refractivity contribution >= 4 is 27.6 Å². The van der Waals surface area contributed by atoms with E-state index in [2.05, 4.69) is 10.0 Å². The Labute approximate surface area is 286 Å². The van der Waals surface area contributed by atoms with Gasteiger partial charge in [-0.05, 0) is 83.2 Å². The van der Waals surface area contributed by atoms with Gasteiger partial charge < -0.3 is 29.7 Å². The van der Waals surface area contributed by atoms with Crippen molar-refractivity contribution in [2.24, 2.45) is 5.92 Å². The monoisotopic (exact) mass is 686 g/mol. The molecular weight excluding hydrogens is 632 g/mol. The number of rotatable bonds is 8. The maximum Gasteiger partial charge on any atom is 0.317 e. The van der Waals surface area contributed by atoms with E-state index in [0.29, 0.717) is 18.9 Å². The smallest absolute Gasteiger partial charge is 0.317 e. The fraction of sp³-hybridized carbons (Fsp3) is 0.611. The predicted octanol–water partition coefficient (Wildman–Crippen LogP) is 5.57. The normalized spacial score (nSPS) is 22.5. The highest BCUT2D eigenvalue weighted by Gasteiger charge is 2.31. The number of benzene rings is 2. The average Bonchev–Trinajstić information content (AvgIpc) is 3.06. The van der Waals surface area contributed by atoms with Gasteiger partial charge in [-0.2, -0.15) is 0 Å². The number of amides is 3. The number of aliphatic hydroxyl groups excluding tert-OH is 1. The Morgan fingerprint density at radius 3 is 2.42 bits per heavy atom. The number of nitrogens with one attached hydrogen (secondary N) is 2. The molecule has 0 aromatic heterocycles. The van der Waals surface area contributed by atoms with Gasteiger partial charge in [-0.25, -0.2) is 13.2 Å². The maximum atomic E-state index is 14.4. The van der Waals surface area contributed by atoms with Crippen LogP contribution in [0.15, 0.2) is 47.4 Å². The Balaban J connectivity index is 1.61. The molecule has 0 spiro atoms. The van der Waals surface area contributed by atoms with Gasteiger partial charge in [-0.15, -0.1) is 0 Å². The standard InChI is InChI=1S/C36H54N4O7S/c1-25-14-17-31(18-15-25)48(44,45)38-30-16-19-33-32(21-30)35(42)40(27(3)24-41)22-26(2)34(46-20-10-9-11-28(4)47-33)23-39(5)36(43)37-29-12-7-6-8-13-29/h14-19,21,26-29,34,38,41H,6-13,20,22-24H2,1-5H3,(H,37,43)/t26-,27-,28-,34+/m0/s1. The first kappa shape index (κ1) is 37.5. The minimum Gasteiger partial charge on any atom is -0.490 e. The van der Waals surface area contributed by atoms with Crippen molar-refractivity contribution in [3.8, 4) is 5.75 Å². The number of sulfonamides is 1. The summed E-state index contributed by atoms with van der Waals surface area (Å²) in [4.78, 5) is 30.9. The summed E-state index contributed by atoms with van der Waals surface area (Å²) in [6, 6.07) is 10.7. The molecule has 1 heterocycles. The van der Waals surface area contributed by atoms with Gasteiger partial charge in [0.2, 0.25) is 0 Å². The van der Waals surface area contributed by atoms with Crippen molar-refractivity contribution in [2.75, 3.05) is 38.1 Å². The van der Waals surface area contributed by atoms with Crippen molar-refractivity contribution < 1.29 is 32.6 Å². The Hall–Kier alpha value is -3.35. The number of anilines is 1. The van der Waals surface area contributed by atoms with Crippen LogP contribution in [0.25, 0.3) is 0 Å². The molecule has 1 aliphatic carbocycles. The molecule has 0 bridgehead atoms. The average molecular weight is 687 g/mol. The second kappa shape index (κ2) is 17.3. The Bertz CT molecular complexity index is 1460. The number of urea groups is 1. The van der Waals surface area contributed by atoms with Gasteiger partial charge in [0.25, 0.3) is 15.9 Å². The van der Waals surface area contributed by atoms with Crippen LogP contribution in [0.2, 0.25) is 0 Å². The van der Waals surface area contributed by atoms with Gasteiger partial charge in [-0.3, -0.25) is 9.52 Å². The molecular formula is C36H54N4O7S. The van der Waals surface area contributed by atoms with Gasteiger partial charge in [-0.1, -0.05) is 43.9 Å². The van der Waals surface area contributed by atoms with E-state index in [0.717, 1.165) is 50.5 Å². The SMILES string of the molecule is Cc1ccc(S(=O)(=O)Nc2ccc3c(c2)C(=O)N([C@@H](C)CO)C[C@H](C)[C@@H](CN(C)C(=O)NC2CCCCC2)OCCCC[C@H](C)O3)cc1. The van der Waals surface area contributed by atoms with Crippen LogP contribution in [0.4, 0.5) is 10.5 Å². The molecule has 4 rings (SSSR count). The number of aliphatic hydroxyl groups is 1. The van der Waals surface area contributed by atoms with E-state index in [4.69, 9.17) is 9.47 Å². The number of nitrogens with zero attached hydrogens (tertiary/aromatic N) is 2. The van der Waals surface area contributed by atoms with E-state index in [9.17, 15) is 23.1 Å². The molecule has 3 amide bonds.